The summed E-state index contributed by atoms with van der Waals surface area (Å²) in [5.74, 6) is -1.06. The molecule has 106 valence electrons. The van der Waals surface area contributed by atoms with Gasteiger partial charge in [0.15, 0.2) is 6.61 Å². The van der Waals surface area contributed by atoms with E-state index in [0.717, 1.165) is 5.56 Å². The van der Waals surface area contributed by atoms with E-state index in [1.807, 2.05) is 0 Å². The average molecular weight is 279 g/mol. The fourth-order valence-corrected chi connectivity index (χ4v) is 1.69. The Bertz CT molecular complexity index is 536. The van der Waals surface area contributed by atoms with Crippen LogP contribution in [0, 0.1) is 0 Å². The van der Waals surface area contributed by atoms with Gasteiger partial charge in [0.25, 0.3) is 0 Å². The molecule has 2 rings (SSSR count). The average Bonchev–Trinajstić information content (AvgIpc) is 2.94. The molecule has 20 heavy (non-hydrogen) atoms. The lowest BCUT2D eigenvalue weighted by Crippen LogP contribution is -2.22. The summed E-state index contributed by atoms with van der Waals surface area (Å²) in [6, 6.07) is 6.70. The maximum Gasteiger partial charge on any atom is 0.350 e. The Hall–Kier alpha value is -2.57. The van der Waals surface area contributed by atoms with Crippen LogP contribution in [-0.4, -0.2) is 42.6 Å². The number of rotatable bonds is 5. The highest BCUT2D eigenvalue weighted by Crippen LogP contribution is 2.20. The third-order valence-electron chi connectivity index (χ3n) is 2.68. The van der Waals surface area contributed by atoms with Gasteiger partial charge in [0.1, 0.15) is 5.75 Å². The summed E-state index contributed by atoms with van der Waals surface area (Å²) in [4.78, 5) is 26.7. The lowest BCUT2D eigenvalue weighted by Gasteiger charge is -2.05. The molecular formula is C13H13NO6. The molecule has 0 amide bonds. The lowest BCUT2D eigenvalue weighted by molar-refractivity contribution is -0.152. The van der Waals surface area contributed by atoms with Crippen molar-refractivity contribution in [1.82, 2.24) is 0 Å². The molecule has 1 N–H and O–H groups in total. The number of carbonyl (C=O) groups excluding carboxylic acids is 1. The summed E-state index contributed by atoms with van der Waals surface area (Å²) < 4.78 is 9.60. The Kier molecular flexibility index (Phi) is 4.19. The summed E-state index contributed by atoms with van der Waals surface area (Å²) in [6.07, 6.45) is -0.375. The highest BCUT2D eigenvalue weighted by molar-refractivity contribution is 6.03. The first kappa shape index (κ1) is 13.9. The third kappa shape index (κ3) is 3.25. The van der Waals surface area contributed by atoms with Crippen molar-refractivity contribution in [2.75, 3.05) is 13.7 Å². The number of esters is 1. The molecule has 1 unspecified atom stereocenters. The van der Waals surface area contributed by atoms with Crippen LogP contribution >= 0.6 is 0 Å². The van der Waals surface area contributed by atoms with Gasteiger partial charge >= 0.3 is 11.9 Å². The normalized spacial score (nSPS) is 17.1. The number of hydrogen-bond acceptors (Lipinski definition) is 6. The summed E-state index contributed by atoms with van der Waals surface area (Å²) in [7, 11) is 1.29. The Balaban J connectivity index is 1.97. The number of benzene rings is 1. The first-order valence-corrected chi connectivity index (χ1v) is 5.85. The SMILES string of the molecule is COC(=O)C1CC(c2ccc(OCC(=O)O)cc2)=NO1. The second-order valence-corrected chi connectivity index (χ2v) is 4.07. The standard InChI is InChI=1S/C13H13NO6/c1-18-13(17)11-6-10(14-20-11)8-2-4-9(5-3-8)19-7-12(15)16/h2-5,11H,6-7H2,1H3,(H,15,16). The number of ether oxygens (including phenoxy) is 2. The van der Waals surface area contributed by atoms with Crippen molar-refractivity contribution >= 4 is 17.7 Å². The number of carboxylic acids is 1. The van der Waals surface area contributed by atoms with Gasteiger partial charge in [-0.05, 0) is 29.8 Å². The molecule has 0 aliphatic carbocycles. The van der Waals surface area contributed by atoms with Gasteiger partial charge < -0.3 is 19.4 Å². The van der Waals surface area contributed by atoms with Crippen LogP contribution in [0.25, 0.3) is 0 Å². The van der Waals surface area contributed by atoms with Crippen LogP contribution in [0.2, 0.25) is 0 Å². The number of carbonyl (C=O) groups is 2. The van der Waals surface area contributed by atoms with Gasteiger partial charge in [-0.25, -0.2) is 9.59 Å². The van der Waals surface area contributed by atoms with Gasteiger partial charge in [0, 0.05) is 6.42 Å². The monoisotopic (exact) mass is 279 g/mol. The molecule has 0 bridgehead atoms. The lowest BCUT2D eigenvalue weighted by atomic mass is 10.1. The molecule has 1 aromatic rings. The first-order chi connectivity index (χ1) is 9.60. The predicted octanol–water partition coefficient (Wildman–Crippen LogP) is 0.816. The van der Waals surface area contributed by atoms with Crippen molar-refractivity contribution in [3.63, 3.8) is 0 Å². The van der Waals surface area contributed by atoms with E-state index in [0.29, 0.717) is 17.9 Å². The van der Waals surface area contributed by atoms with Crippen LogP contribution in [0.3, 0.4) is 0 Å². The molecule has 0 saturated heterocycles. The molecule has 1 heterocycles. The van der Waals surface area contributed by atoms with E-state index >= 15 is 0 Å². The fraction of sp³-hybridized carbons (Fsp3) is 0.308. The van der Waals surface area contributed by atoms with Crippen molar-refractivity contribution in [3.8, 4) is 5.75 Å². The summed E-state index contributed by atoms with van der Waals surface area (Å²) in [5, 5.41) is 12.3. The summed E-state index contributed by atoms with van der Waals surface area (Å²) >= 11 is 0. The van der Waals surface area contributed by atoms with Crippen LogP contribution in [0.5, 0.6) is 5.75 Å². The van der Waals surface area contributed by atoms with E-state index in [1.54, 1.807) is 24.3 Å². The van der Waals surface area contributed by atoms with Crippen molar-refractivity contribution in [1.29, 1.82) is 0 Å². The minimum Gasteiger partial charge on any atom is -0.482 e. The summed E-state index contributed by atoms with van der Waals surface area (Å²) in [6.45, 7) is -0.395. The predicted molar refractivity (Wildman–Crippen MR) is 67.6 cm³/mol. The van der Waals surface area contributed by atoms with Crippen molar-refractivity contribution in [2.24, 2.45) is 5.16 Å². The molecule has 0 aromatic heterocycles. The Morgan fingerprint density at radius 1 is 1.40 bits per heavy atom. The molecule has 7 heteroatoms. The van der Waals surface area contributed by atoms with E-state index in [4.69, 9.17) is 14.7 Å². The van der Waals surface area contributed by atoms with Crippen LogP contribution < -0.4 is 4.74 Å². The molecule has 0 spiro atoms. The number of methoxy groups -OCH3 is 1. The highest BCUT2D eigenvalue weighted by Gasteiger charge is 2.29. The number of oxime groups is 1. The van der Waals surface area contributed by atoms with Gasteiger partial charge in [-0.3, -0.25) is 0 Å². The van der Waals surface area contributed by atoms with Gasteiger partial charge in [-0.1, -0.05) is 5.16 Å². The van der Waals surface area contributed by atoms with Crippen LogP contribution in [0.15, 0.2) is 29.4 Å². The van der Waals surface area contributed by atoms with E-state index in [-0.39, 0.29) is 0 Å². The zero-order chi connectivity index (χ0) is 14.5. The Labute approximate surface area is 114 Å². The zero-order valence-electron chi connectivity index (χ0n) is 10.7. The molecule has 1 atom stereocenters. The van der Waals surface area contributed by atoms with Gasteiger partial charge in [0.2, 0.25) is 6.10 Å². The maximum absolute atomic E-state index is 11.3. The minimum absolute atomic E-state index is 0.335. The number of aliphatic carboxylic acids is 1. The van der Waals surface area contributed by atoms with Crippen LogP contribution in [0.4, 0.5) is 0 Å². The van der Waals surface area contributed by atoms with Crippen molar-refractivity contribution < 1.29 is 29.0 Å². The first-order valence-electron chi connectivity index (χ1n) is 5.85. The number of hydrogen-bond donors (Lipinski definition) is 1. The van der Waals surface area contributed by atoms with Gasteiger partial charge in [-0.15, -0.1) is 0 Å². The topological polar surface area (TPSA) is 94.4 Å². The highest BCUT2D eigenvalue weighted by atomic mass is 16.7. The number of carboxylic acid groups (broad SMARTS) is 1. The van der Waals surface area contributed by atoms with E-state index in [2.05, 4.69) is 9.89 Å². The molecule has 0 fully saturated rings. The number of nitrogens with zero attached hydrogens (tertiary/aromatic N) is 1. The second kappa shape index (κ2) is 6.05. The van der Waals surface area contributed by atoms with E-state index < -0.39 is 24.6 Å². The summed E-state index contributed by atoms with van der Waals surface area (Å²) in [5.41, 5.74) is 1.41. The van der Waals surface area contributed by atoms with Crippen LogP contribution in [0.1, 0.15) is 12.0 Å². The molecule has 0 saturated carbocycles. The van der Waals surface area contributed by atoms with Crippen molar-refractivity contribution in [3.05, 3.63) is 29.8 Å². The molecular weight excluding hydrogens is 266 g/mol. The largest absolute Gasteiger partial charge is 0.482 e. The molecule has 1 aliphatic rings. The maximum atomic E-state index is 11.3. The van der Waals surface area contributed by atoms with Gasteiger partial charge in [0.05, 0.1) is 12.8 Å². The molecule has 7 nitrogen and oxygen atoms in total. The quantitative estimate of drug-likeness (QED) is 0.802. The second-order valence-electron chi connectivity index (χ2n) is 4.07. The third-order valence-corrected chi connectivity index (χ3v) is 2.68. The van der Waals surface area contributed by atoms with E-state index in [9.17, 15) is 9.59 Å². The van der Waals surface area contributed by atoms with Crippen LogP contribution in [-0.2, 0) is 19.2 Å². The van der Waals surface area contributed by atoms with E-state index in [1.165, 1.54) is 7.11 Å². The zero-order valence-corrected chi connectivity index (χ0v) is 10.7. The smallest absolute Gasteiger partial charge is 0.350 e. The Morgan fingerprint density at radius 3 is 2.70 bits per heavy atom. The fourth-order valence-electron chi connectivity index (χ4n) is 1.69. The molecule has 1 aliphatic heterocycles. The molecule has 0 radical (unpaired) electrons. The van der Waals surface area contributed by atoms with Crippen molar-refractivity contribution in [2.45, 2.75) is 12.5 Å². The van der Waals surface area contributed by atoms with Gasteiger partial charge in [-0.2, -0.15) is 0 Å². The Morgan fingerprint density at radius 2 is 2.10 bits per heavy atom. The minimum atomic E-state index is -1.04. The molecule has 1 aromatic carbocycles.